The topological polar surface area (TPSA) is 47.3 Å². The zero-order chi connectivity index (χ0) is 12.7. The molecule has 4 heteroatoms. The van der Waals surface area contributed by atoms with Gasteiger partial charge in [-0.3, -0.25) is 0 Å². The Labute approximate surface area is 108 Å². The van der Waals surface area contributed by atoms with Crippen molar-refractivity contribution in [1.82, 2.24) is 5.32 Å². The van der Waals surface area contributed by atoms with E-state index in [-0.39, 0.29) is 0 Å². The highest BCUT2D eigenvalue weighted by molar-refractivity contribution is 6.32. The van der Waals surface area contributed by atoms with Gasteiger partial charge >= 0.3 is 0 Å². The van der Waals surface area contributed by atoms with Crippen molar-refractivity contribution in [1.29, 1.82) is 0 Å². The predicted octanol–water partition coefficient (Wildman–Crippen LogP) is 2.14. The summed E-state index contributed by atoms with van der Waals surface area (Å²) in [6.45, 7) is 4.73. The molecule has 0 heterocycles. The minimum Gasteiger partial charge on any atom is -0.495 e. The van der Waals surface area contributed by atoms with E-state index in [1.807, 2.05) is 12.1 Å². The monoisotopic (exact) mass is 256 g/mol. The van der Waals surface area contributed by atoms with Crippen molar-refractivity contribution >= 4 is 11.6 Å². The molecule has 96 valence electrons. The molecule has 0 aliphatic rings. The fourth-order valence-electron chi connectivity index (χ4n) is 1.70. The summed E-state index contributed by atoms with van der Waals surface area (Å²) in [5.41, 5.74) is 7.90. The zero-order valence-electron chi connectivity index (χ0n) is 10.6. The van der Waals surface area contributed by atoms with Crippen LogP contribution in [0.5, 0.6) is 5.75 Å². The van der Waals surface area contributed by atoms with E-state index in [0.29, 0.717) is 5.02 Å². The van der Waals surface area contributed by atoms with Crippen LogP contribution in [-0.4, -0.2) is 26.7 Å². The summed E-state index contributed by atoms with van der Waals surface area (Å²) in [5, 5.41) is 4.03. The predicted molar refractivity (Wildman–Crippen MR) is 73.0 cm³/mol. The van der Waals surface area contributed by atoms with E-state index in [2.05, 4.69) is 12.2 Å². The Balaban J connectivity index is 2.51. The number of hydrogen-bond donors (Lipinski definition) is 2. The van der Waals surface area contributed by atoms with Gasteiger partial charge in [0.1, 0.15) is 5.75 Å². The van der Waals surface area contributed by atoms with Crippen LogP contribution in [0.3, 0.4) is 0 Å². The Hall–Kier alpha value is -0.770. The molecule has 3 N–H and O–H groups in total. The highest BCUT2D eigenvalue weighted by atomic mass is 35.5. The largest absolute Gasteiger partial charge is 0.495 e. The van der Waals surface area contributed by atoms with Gasteiger partial charge in [0.15, 0.2) is 0 Å². The van der Waals surface area contributed by atoms with Crippen LogP contribution in [0.4, 0.5) is 0 Å². The molecule has 0 aliphatic heterocycles. The number of nitrogens with two attached hydrogens (primary N) is 1. The van der Waals surface area contributed by atoms with Crippen LogP contribution in [0.25, 0.3) is 0 Å². The Morgan fingerprint density at radius 3 is 2.76 bits per heavy atom. The van der Waals surface area contributed by atoms with E-state index in [0.717, 1.165) is 38.2 Å². The van der Waals surface area contributed by atoms with Gasteiger partial charge in [-0.05, 0) is 62.7 Å². The molecule has 0 spiro atoms. The van der Waals surface area contributed by atoms with Crippen molar-refractivity contribution < 1.29 is 4.74 Å². The Kier molecular flexibility index (Phi) is 6.34. The Bertz CT molecular complexity index is 356. The second-order valence-corrected chi connectivity index (χ2v) is 4.46. The fourth-order valence-corrected chi connectivity index (χ4v) is 1.96. The lowest BCUT2D eigenvalue weighted by Crippen LogP contribution is -2.21. The quantitative estimate of drug-likeness (QED) is 0.735. The molecule has 1 rings (SSSR count). The van der Waals surface area contributed by atoms with Crippen LogP contribution in [0.15, 0.2) is 12.1 Å². The zero-order valence-corrected chi connectivity index (χ0v) is 11.3. The van der Waals surface area contributed by atoms with Crippen LogP contribution in [-0.2, 0) is 6.42 Å². The van der Waals surface area contributed by atoms with Crippen molar-refractivity contribution in [3.63, 3.8) is 0 Å². The minimum absolute atomic E-state index is 0.676. The third-order valence-corrected chi connectivity index (χ3v) is 3.03. The maximum absolute atomic E-state index is 6.10. The second kappa shape index (κ2) is 7.54. The molecule has 0 aromatic heterocycles. The number of hydrogen-bond acceptors (Lipinski definition) is 3. The lowest BCUT2D eigenvalue weighted by Gasteiger charge is -2.10. The van der Waals surface area contributed by atoms with Gasteiger partial charge in [-0.2, -0.15) is 0 Å². The molecule has 1 aromatic carbocycles. The molecule has 0 bridgehead atoms. The SMILES string of the molecule is COc1cc(C)c(CCNCCCN)cc1Cl. The Morgan fingerprint density at radius 1 is 1.35 bits per heavy atom. The standard InChI is InChI=1S/C13H21ClN2O/c1-10-8-13(17-2)12(14)9-11(10)4-7-16-6-3-5-15/h8-9,16H,3-7,15H2,1-2H3. The third-order valence-electron chi connectivity index (χ3n) is 2.74. The maximum Gasteiger partial charge on any atom is 0.137 e. The number of nitrogens with one attached hydrogen (secondary N) is 1. The van der Waals surface area contributed by atoms with Crippen LogP contribution in [0.1, 0.15) is 17.5 Å². The van der Waals surface area contributed by atoms with E-state index < -0.39 is 0 Å². The van der Waals surface area contributed by atoms with Crippen LogP contribution >= 0.6 is 11.6 Å². The minimum atomic E-state index is 0.676. The molecule has 0 atom stereocenters. The smallest absolute Gasteiger partial charge is 0.137 e. The van der Waals surface area contributed by atoms with Crippen molar-refractivity contribution in [3.05, 3.63) is 28.3 Å². The summed E-state index contributed by atoms with van der Waals surface area (Å²) in [4.78, 5) is 0. The van der Waals surface area contributed by atoms with Crippen molar-refractivity contribution in [3.8, 4) is 5.75 Å². The van der Waals surface area contributed by atoms with Gasteiger partial charge < -0.3 is 15.8 Å². The molecule has 0 unspecified atom stereocenters. The van der Waals surface area contributed by atoms with E-state index in [4.69, 9.17) is 22.1 Å². The summed E-state index contributed by atoms with van der Waals surface area (Å²) in [7, 11) is 1.63. The maximum atomic E-state index is 6.10. The summed E-state index contributed by atoms with van der Waals surface area (Å²) < 4.78 is 5.18. The van der Waals surface area contributed by atoms with E-state index in [1.54, 1.807) is 7.11 Å². The average molecular weight is 257 g/mol. The summed E-state index contributed by atoms with van der Waals surface area (Å²) in [5.74, 6) is 0.740. The number of benzene rings is 1. The number of aryl methyl sites for hydroxylation is 1. The van der Waals surface area contributed by atoms with Gasteiger partial charge in [0.05, 0.1) is 12.1 Å². The van der Waals surface area contributed by atoms with E-state index in [9.17, 15) is 0 Å². The molecule has 1 aromatic rings. The van der Waals surface area contributed by atoms with Crippen molar-refractivity contribution in [2.45, 2.75) is 19.8 Å². The normalized spacial score (nSPS) is 10.6. The molecule has 0 aliphatic carbocycles. The first-order chi connectivity index (χ1) is 8.19. The van der Waals surface area contributed by atoms with Crippen LogP contribution in [0, 0.1) is 6.92 Å². The average Bonchev–Trinajstić information content (AvgIpc) is 2.32. The molecule has 3 nitrogen and oxygen atoms in total. The van der Waals surface area contributed by atoms with Gasteiger partial charge in [0.25, 0.3) is 0 Å². The highest BCUT2D eigenvalue weighted by Gasteiger charge is 2.05. The third kappa shape index (κ3) is 4.54. The van der Waals surface area contributed by atoms with Crippen molar-refractivity contribution in [2.75, 3.05) is 26.7 Å². The fraction of sp³-hybridized carbons (Fsp3) is 0.538. The Morgan fingerprint density at radius 2 is 2.12 bits per heavy atom. The molecule has 0 radical (unpaired) electrons. The molecular formula is C13H21ClN2O. The van der Waals surface area contributed by atoms with Gasteiger partial charge in [-0.25, -0.2) is 0 Å². The number of methoxy groups -OCH3 is 1. The summed E-state index contributed by atoms with van der Waals surface area (Å²) in [6.07, 6.45) is 1.99. The van der Waals surface area contributed by atoms with Crippen LogP contribution in [0.2, 0.25) is 5.02 Å². The lowest BCUT2D eigenvalue weighted by atomic mass is 10.1. The molecule has 0 saturated carbocycles. The number of halogens is 1. The lowest BCUT2D eigenvalue weighted by molar-refractivity contribution is 0.414. The summed E-state index contributed by atoms with van der Waals surface area (Å²) >= 11 is 6.10. The molecule has 0 saturated heterocycles. The molecule has 0 fully saturated rings. The van der Waals surface area contributed by atoms with Gasteiger partial charge in [0, 0.05) is 0 Å². The first kappa shape index (κ1) is 14.3. The van der Waals surface area contributed by atoms with Crippen molar-refractivity contribution in [2.24, 2.45) is 5.73 Å². The van der Waals surface area contributed by atoms with E-state index >= 15 is 0 Å². The van der Waals surface area contributed by atoms with Gasteiger partial charge in [0.2, 0.25) is 0 Å². The molecule has 0 amide bonds. The number of rotatable bonds is 7. The van der Waals surface area contributed by atoms with E-state index in [1.165, 1.54) is 11.1 Å². The first-order valence-electron chi connectivity index (χ1n) is 5.92. The second-order valence-electron chi connectivity index (χ2n) is 4.06. The summed E-state index contributed by atoms with van der Waals surface area (Å²) in [6, 6.07) is 3.97. The molecular weight excluding hydrogens is 236 g/mol. The first-order valence-corrected chi connectivity index (χ1v) is 6.30. The van der Waals surface area contributed by atoms with Gasteiger partial charge in [-0.15, -0.1) is 0 Å². The van der Waals surface area contributed by atoms with Crippen LogP contribution < -0.4 is 15.8 Å². The highest BCUT2D eigenvalue weighted by Crippen LogP contribution is 2.27. The number of ether oxygens (including phenoxy) is 1. The molecule has 17 heavy (non-hydrogen) atoms. The van der Waals surface area contributed by atoms with Gasteiger partial charge in [-0.1, -0.05) is 11.6 Å².